The molecule has 1 unspecified atom stereocenters. The van der Waals surface area contributed by atoms with Crippen molar-refractivity contribution in [2.24, 2.45) is 5.92 Å². The van der Waals surface area contributed by atoms with E-state index < -0.39 is 10.0 Å². The Morgan fingerprint density at radius 3 is 2.57 bits per heavy atom. The smallest absolute Gasteiger partial charge is 0.243 e. The van der Waals surface area contributed by atoms with E-state index in [4.69, 9.17) is 0 Å². The summed E-state index contributed by atoms with van der Waals surface area (Å²) in [4.78, 5) is 10.3. The summed E-state index contributed by atoms with van der Waals surface area (Å²) in [5, 5.41) is 2.75. The van der Waals surface area contributed by atoms with Crippen LogP contribution in [0, 0.1) is 5.92 Å². The van der Waals surface area contributed by atoms with Crippen molar-refractivity contribution >= 4 is 16.0 Å². The van der Waals surface area contributed by atoms with Crippen molar-refractivity contribution in [2.45, 2.75) is 31.2 Å². The van der Waals surface area contributed by atoms with Gasteiger partial charge in [0.2, 0.25) is 16.0 Å². The highest BCUT2D eigenvalue weighted by molar-refractivity contribution is 7.89. The van der Waals surface area contributed by atoms with E-state index in [0.717, 1.165) is 19.5 Å². The van der Waals surface area contributed by atoms with Crippen molar-refractivity contribution in [1.82, 2.24) is 19.6 Å². The number of sulfonamides is 1. The van der Waals surface area contributed by atoms with Crippen LogP contribution in [0.2, 0.25) is 0 Å². The number of hydrogen-bond acceptors (Lipinski definition) is 6. The molecule has 2 heterocycles. The lowest BCUT2D eigenvalue weighted by atomic mass is 10.1. The van der Waals surface area contributed by atoms with Gasteiger partial charge in [0.1, 0.15) is 4.90 Å². The van der Waals surface area contributed by atoms with Gasteiger partial charge in [0.05, 0.1) is 12.4 Å². The molecule has 1 aromatic heterocycles. The molecule has 2 rings (SSSR count). The molecule has 1 saturated heterocycles. The predicted molar refractivity (Wildman–Crippen MR) is 81.6 cm³/mol. The number of aromatic nitrogens is 2. The third-order valence-electron chi connectivity index (χ3n) is 3.77. The number of anilines is 1. The van der Waals surface area contributed by atoms with Gasteiger partial charge in [-0.15, -0.1) is 0 Å². The summed E-state index contributed by atoms with van der Waals surface area (Å²) in [5.41, 5.74) is 0. The van der Waals surface area contributed by atoms with Crippen LogP contribution < -0.4 is 10.0 Å². The average Bonchev–Trinajstić information content (AvgIpc) is 2.94. The lowest BCUT2D eigenvalue weighted by Crippen LogP contribution is -2.33. The van der Waals surface area contributed by atoms with Crippen LogP contribution in [-0.2, 0) is 10.0 Å². The maximum absolute atomic E-state index is 12.2. The van der Waals surface area contributed by atoms with E-state index in [-0.39, 0.29) is 4.90 Å². The zero-order chi connectivity index (χ0) is 15.5. The van der Waals surface area contributed by atoms with E-state index in [1.165, 1.54) is 12.4 Å². The Kier molecular flexibility index (Phi) is 5.13. The van der Waals surface area contributed by atoms with E-state index in [2.05, 4.69) is 38.8 Å². The number of nitrogens with zero attached hydrogens (tertiary/aromatic N) is 3. The SMILES string of the molecule is CNc1ncc(S(=O)(=O)NCC2CCN(C(C)C)C2)cn1. The summed E-state index contributed by atoms with van der Waals surface area (Å²) in [5.74, 6) is 0.761. The van der Waals surface area contributed by atoms with E-state index in [1.54, 1.807) is 7.05 Å². The van der Waals surface area contributed by atoms with Crippen molar-refractivity contribution in [3.05, 3.63) is 12.4 Å². The Balaban J connectivity index is 1.92. The first-order valence-corrected chi connectivity index (χ1v) is 8.64. The van der Waals surface area contributed by atoms with Gasteiger partial charge in [0.25, 0.3) is 0 Å². The molecule has 1 fully saturated rings. The minimum atomic E-state index is -3.53. The molecule has 0 aromatic carbocycles. The number of nitrogens with one attached hydrogen (secondary N) is 2. The van der Waals surface area contributed by atoms with Crippen molar-refractivity contribution in [2.75, 3.05) is 32.0 Å². The van der Waals surface area contributed by atoms with Crippen LogP contribution in [0.1, 0.15) is 20.3 Å². The highest BCUT2D eigenvalue weighted by Gasteiger charge is 2.26. The summed E-state index contributed by atoms with van der Waals surface area (Å²) >= 11 is 0. The Hall–Kier alpha value is -1.25. The van der Waals surface area contributed by atoms with Crippen LogP contribution in [0.4, 0.5) is 5.95 Å². The Morgan fingerprint density at radius 1 is 1.38 bits per heavy atom. The Bertz CT molecular complexity index is 558. The topological polar surface area (TPSA) is 87.2 Å². The van der Waals surface area contributed by atoms with Crippen LogP contribution in [0.3, 0.4) is 0 Å². The molecule has 0 amide bonds. The second kappa shape index (κ2) is 6.67. The summed E-state index contributed by atoms with van der Waals surface area (Å²) in [6, 6.07) is 0.508. The van der Waals surface area contributed by atoms with E-state index in [1.807, 2.05) is 0 Å². The zero-order valence-electron chi connectivity index (χ0n) is 12.7. The second-order valence-electron chi connectivity index (χ2n) is 5.59. The van der Waals surface area contributed by atoms with Gasteiger partial charge in [-0.3, -0.25) is 0 Å². The van der Waals surface area contributed by atoms with Gasteiger partial charge in [-0.2, -0.15) is 0 Å². The average molecular weight is 313 g/mol. The maximum Gasteiger partial charge on any atom is 0.243 e. The molecule has 0 aliphatic carbocycles. The van der Waals surface area contributed by atoms with Crippen LogP contribution in [-0.4, -0.2) is 56.0 Å². The quantitative estimate of drug-likeness (QED) is 0.796. The summed E-state index contributed by atoms with van der Waals surface area (Å²) < 4.78 is 27.0. The molecule has 1 aromatic rings. The highest BCUT2D eigenvalue weighted by Crippen LogP contribution is 2.18. The molecule has 2 N–H and O–H groups in total. The first-order valence-electron chi connectivity index (χ1n) is 7.16. The first kappa shape index (κ1) is 16.1. The molecule has 1 atom stereocenters. The molecule has 0 saturated carbocycles. The van der Waals surface area contributed by atoms with Crippen molar-refractivity contribution in [3.8, 4) is 0 Å². The summed E-state index contributed by atoms with van der Waals surface area (Å²) in [6.07, 6.45) is 3.66. The van der Waals surface area contributed by atoms with Gasteiger partial charge in [-0.1, -0.05) is 0 Å². The lowest BCUT2D eigenvalue weighted by Gasteiger charge is -2.20. The number of likely N-dealkylation sites (tertiary alicyclic amines) is 1. The van der Waals surface area contributed by atoms with Crippen molar-refractivity contribution < 1.29 is 8.42 Å². The second-order valence-corrected chi connectivity index (χ2v) is 7.35. The van der Waals surface area contributed by atoms with Crippen LogP contribution in [0.5, 0.6) is 0 Å². The molecule has 0 radical (unpaired) electrons. The van der Waals surface area contributed by atoms with E-state index in [0.29, 0.717) is 24.5 Å². The zero-order valence-corrected chi connectivity index (χ0v) is 13.5. The molecular weight excluding hydrogens is 290 g/mol. The monoisotopic (exact) mass is 313 g/mol. The predicted octanol–water partition coefficient (Wildman–Crippen LogP) is 0.527. The van der Waals surface area contributed by atoms with Gasteiger partial charge in [0.15, 0.2) is 0 Å². The Morgan fingerprint density at radius 2 is 2.05 bits per heavy atom. The normalized spacial score (nSPS) is 20.1. The fraction of sp³-hybridized carbons (Fsp3) is 0.692. The van der Waals surface area contributed by atoms with Crippen LogP contribution in [0.25, 0.3) is 0 Å². The molecule has 0 bridgehead atoms. The van der Waals surface area contributed by atoms with Crippen molar-refractivity contribution in [1.29, 1.82) is 0 Å². The number of rotatable bonds is 6. The highest BCUT2D eigenvalue weighted by atomic mass is 32.2. The number of hydrogen-bond donors (Lipinski definition) is 2. The van der Waals surface area contributed by atoms with Gasteiger partial charge < -0.3 is 10.2 Å². The van der Waals surface area contributed by atoms with Gasteiger partial charge in [-0.05, 0) is 32.7 Å². The fourth-order valence-electron chi connectivity index (χ4n) is 2.39. The van der Waals surface area contributed by atoms with Crippen LogP contribution in [0.15, 0.2) is 17.3 Å². The largest absolute Gasteiger partial charge is 0.357 e. The van der Waals surface area contributed by atoms with Crippen LogP contribution >= 0.6 is 0 Å². The minimum Gasteiger partial charge on any atom is -0.357 e. The van der Waals surface area contributed by atoms with Crippen molar-refractivity contribution in [3.63, 3.8) is 0 Å². The first-order chi connectivity index (χ1) is 9.92. The third-order valence-corrected chi connectivity index (χ3v) is 5.15. The van der Waals surface area contributed by atoms with Gasteiger partial charge >= 0.3 is 0 Å². The molecule has 1 aliphatic heterocycles. The summed E-state index contributed by atoms with van der Waals surface area (Å²) in [6.45, 7) is 6.75. The molecule has 7 nitrogen and oxygen atoms in total. The molecule has 0 spiro atoms. The van der Waals surface area contributed by atoms with Gasteiger partial charge in [-0.25, -0.2) is 23.1 Å². The van der Waals surface area contributed by atoms with E-state index in [9.17, 15) is 8.42 Å². The molecule has 8 heteroatoms. The molecule has 118 valence electrons. The lowest BCUT2D eigenvalue weighted by molar-refractivity contribution is 0.265. The minimum absolute atomic E-state index is 0.0974. The standard InChI is InChI=1S/C13H23N5O2S/c1-10(2)18-5-4-11(9-18)6-17-21(19,20)12-7-15-13(14-3)16-8-12/h7-8,10-11,17H,4-6,9H2,1-3H3,(H,14,15,16). The maximum atomic E-state index is 12.2. The van der Waals surface area contributed by atoms with Gasteiger partial charge in [0, 0.05) is 26.2 Å². The summed E-state index contributed by atoms with van der Waals surface area (Å²) in [7, 11) is -1.85. The molecular formula is C13H23N5O2S. The molecule has 21 heavy (non-hydrogen) atoms. The fourth-order valence-corrected chi connectivity index (χ4v) is 3.40. The Labute approximate surface area is 126 Å². The molecule has 1 aliphatic rings. The third kappa shape index (κ3) is 4.12. The van der Waals surface area contributed by atoms with E-state index >= 15 is 0 Å².